The summed E-state index contributed by atoms with van der Waals surface area (Å²) in [6.45, 7) is 1.55. The van der Waals surface area contributed by atoms with Crippen LogP contribution in [0, 0.1) is 5.82 Å². The average Bonchev–Trinajstić information content (AvgIpc) is 3.21. The zero-order valence-corrected chi connectivity index (χ0v) is 18.6. The molecule has 0 amide bonds. The number of nitrogens with one attached hydrogen (secondary N) is 2. The van der Waals surface area contributed by atoms with Gasteiger partial charge >= 0.3 is 0 Å². The first kappa shape index (κ1) is 22.1. The second-order valence-electron chi connectivity index (χ2n) is 7.47. The Morgan fingerprint density at radius 3 is 2.72 bits per heavy atom. The second kappa shape index (κ2) is 10.5. The largest absolute Gasteiger partial charge is 0.493 e. The molecule has 0 atom stereocenters. The van der Waals surface area contributed by atoms with Crippen LogP contribution in [-0.2, 0) is 19.6 Å². The summed E-state index contributed by atoms with van der Waals surface area (Å²) in [6, 6.07) is 18.3. The van der Waals surface area contributed by atoms with Gasteiger partial charge in [-0.1, -0.05) is 41.9 Å². The molecule has 0 unspecified atom stereocenters. The van der Waals surface area contributed by atoms with Gasteiger partial charge in [-0.25, -0.2) is 9.37 Å². The van der Waals surface area contributed by atoms with E-state index in [0.717, 1.165) is 41.8 Å². The van der Waals surface area contributed by atoms with E-state index in [-0.39, 0.29) is 12.4 Å². The van der Waals surface area contributed by atoms with E-state index in [0.29, 0.717) is 28.6 Å². The Hall–Kier alpha value is -3.09. The molecule has 4 rings (SSSR count). The molecule has 0 aliphatic carbocycles. The van der Waals surface area contributed by atoms with Crippen molar-refractivity contribution < 1.29 is 13.9 Å². The molecule has 0 spiro atoms. The highest BCUT2D eigenvalue weighted by Crippen LogP contribution is 2.37. The lowest BCUT2D eigenvalue weighted by molar-refractivity contribution is 0.279. The summed E-state index contributed by atoms with van der Waals surface area (Å²) in [7, 11) is 1.56. The predicted molar refractivity (Wildman–Crippen MR) is 125 cm³/mol. The van der Waals surface area contributed by atoms with Crippen molar-refractivity contribution in [2.45, 2.75) is 26.0 Å². The van der Waals surface area contributed by atoms with Gasteiger partial charge in [0, 0.05) is 18.5 Å². The fourth-order valence-corrected chi connectivity index (χ4v) is 3.81. The topological polar surface area (TPSA) is 59.2 Å². The number of hydrogen-bond acceptors (Lipinski definition) is 4. The number of fused-ring (bicyclic) bond motifs is 1. The van der Waals surface area contributed by atoms with Gasteiger partial charge in [-0.05, 0) is 48.9 Å². The van der Waals surface area contributed by atoms with Crippen molar-refractivity contribution in [3.63, 3.8) is 0 Å². The molecule has 3 aromatic carbocycles. The van der Waals surface area contributed by atoms with Crippen LogP contribution < -0.4 is 14.8 Å². The minimum absolute atomic E-state index is 0.0716. The molecule has 0 bridgehead atoms. The summed E-state index contributed by atoms with van der Waals surface area (Å²) in [5.74, 6) is 1.61. The molecule has 32 heavy (non-hydrogen) atoms. The van der Waals surface area contributed by atoms with Gasteiger partial charge in [-0.15, -0.1) is 0 Å². The number of aromatic amines is 1. The van der Waals surface area contributed by atoms with Crippen LogP contribution in [0.2, 0.25) is 5.02 Å². The molecule has 5 nitrogen and oxygen atoms in total. The van der Waals surface area contributed by atoms with E-state index in [4.69, 9.17) is 21.1 Å². The van der Waals surface area contributed by atoms with E-state index in [1.54, 1.807) is 25.3 Å². The van der Waals surface area contributed by atoms with Crippen LogP contribution in [0.15, 0.2) is 60.7 Å². The first-order valence-electron chi connectivity index (χ1n) is 10.5. The minimum atomic E-state index is -0.314. The predicted octanol–water partition coefficient (Wildman–Crippen LogP) is 5.67. The molecule has 0 aliphatic heterocycles. The number of methoxy groups -OCH3 is 1. The zero-order chi connectivity index (χ0) is 22.3. The molecule has 0 saturated heterocycles. The number of rotatable bonds is 10. The molecule has 0 fully saturated rings. The van der Waals surface area contributed by atoms with Crippen molar-refractivity contribution in [2.24, 2.45) is 0 Å². The summed E-state index contributed by atoms with van der Waals surface area (Å²) >= 11 is 6.44. The van der Waals surface area contributed by atoms with Gasteiger partial charge in [0.05, 0.1) is 23.2 Å². The van der Waals surface area contributed by atoms with E-state index in [1.807, 2.05) is 36.4 Å². The Morgan fingerprint density at radius 1 is 1.09 bits per heavy atom. The van der Waals surface area contributed by atoms with E-state index >= 15 is 0 Å². The van der Waals surface area contributed by atoms with Gasteiger partial charge in [0.1, 0.15) is 18.2 Å². The number of aromatic nitrogens is 2. The van der Waals surface area contributed by atoms with E-state index in [9.17, 15) is 4.39 Å². The normalized spacial score (nSPS) is 11.1. The monoisotopic (exact) mass is 453 g/mol. The summed E-state index contributed by atoms with van der Waals surface area (Å²) in [5.41, 5.74) is 3.50. The third-order valence-electron chi connectivity index (χ3n) is 5.15. The molecule has 0 radical (unpaired) electrons. The van der Waals surface area contributed by atoms with Crippen molar-refractivity contribution in [3.05, 3.63) is 88.5 Å². The summed E-state index contributed by atoms with van der Waals surface area (Å²) in [4.78, 5) is 7.95. The lowest BCUT2D eigenvalue weighted by Gasteiger charge is -2.15. The molecular formula is C25H25ClFN3O2. The standard InChI is InChI=1S/C25H25ClFN3O2/c1-31-23-14-17(13-19(26)25(23)32-16-18-7-2-3-8-20(18)27)15-28-12-6-11-24-29-21-9-4-5-10-22(21)30-24/h2-5,7-10,13-14,28H,6,11-12,15-16H2,1H3,(H,29,30). The molecular weight excluding hydrogens is 429 g/mol. The highest BCUT2D eigenvalue weighted by atomic mass is 35.5. The van der Waals surface area contributed by atoms with E-state index < -0.39 is 0 Å². The number of benzene rings is 3. The minimum Gasteiger partial charge on any atom is -0.493 e. The third kappa shape index (κ3) is 5.39. The molecule has 1 aromatic heterocycles. The van der Waals surface area contributed by atoms with Crippen molar-refractivity contribution >= 4 is 22.6 Å². The Morgan fingerprint density at radius 2 is 1.91 bits per heavy atom. The Kier molecular flexibility index (Phi) is 7.24. The maximum atomic E-state index is 13.8. The number of aryl methyl sites for hydroxylation is 1. The lowest BCUT2D eigenvalue weighted by Crippen LogP contribution is -2.15. The molecule has 7 heteroatoms. The molecule has 166 valence electrons. The van der Waals surface area contributed by atoms with Crippen molar-refractivity contribution in [1.82, 2.24) is 15.3 Å². The summed E-state index contributed by atoms with van der Waals surface area (Å²) < 4.78 is 25.1. The first-order chi connectivity index (χ1) is 15.6. The van der Waals surface area contributed by atoms with Crippen LogP contribution in [0.5, 0.6) is 11.5 Å². The first-order valence-corrected chi connectivity index (χ1v) is 10.9. The number of hydrogen-bond donors (Lipinski definition) is 2. The van der Waals surface area contributed by atoms with Gasteiger partial charge < -0.3 is 19.8 Å². The fraction of sp³-hybridized carbons (Fsp3) is 0.240. The number of halogens is 2. The van der Waals surface area contributed by atoms with Crippen LogP contribution in [0.3, 0.4) is 0 Å². The highest BCUT2D eigenvalue weighted by molar-refractivity contribution is 6.32. The Balaban J connectivity index is 1.29. The van der Waals surface area contributed by atoms with Crippen LogP contribution in [0.1, 0.15) is 23.4 Å². The maximum Gasteiger partial charge on any atom is 0.180 e. The van der Waals surface area contributed by atoms with Gasteiger partial charge in [0.15, 0.2) is 11.5 Å². The van der Waals surface area contributed by atoms with Crippen LogP contribution in [0.4, 0.5) is 4.39 Å². The van der Waals surface area contributed by atoms with Crippen molar-refractivity contribution in [2.75, 3.05) is 13.7 Å². The zero-order valence-electron chi connectivity index (χ0n) is 17.8. The summed E-state index contributed by atoms with van der Waals surface area (Å²) in [5, 5.41) is 3.85. The van der Waals surface area contributed by atoms with Gasteiger partial charge in [-0.3, -0.25) is 0 Å². The van der Waals surface area contributed by atoms with E-state index in [1.165, 1.54) is 6.07 Å². The lowest BCUT2D eigenvalue weighted by atomic mass is 10.2. The Bertz CT molecular complexity index is 1160. The average molecular weight is 454 g/mol. The maximum absolute atomic E-state index is 13.8. The highest BCUT2D eigenvalue weighted by Gasteiger charge is 2.13. The number of nitrogens with zero attached hydrogens (tertiary/aromatic N) is 1. The van der Waals surface area contributed by atoms with E-state index in [2.05, 4.69) is 15.3 Å². The number of imidazole rings is 1. The van der Waals surface area contributed by atoms with Crippen LogP contribution in [0.25, 0.3) is 11.0 Å². The van der Waals surface area contributed by atoms with Crippen molar-refractivity contribution in [3.8, 4) is 11.5 Å². The molecule has 2 N–H and O–H groups in total. The van der Waals surface area contributed by atoms with Gasteiger partial charge in [0.2, 0.25) is 0 Å². The smallest absolute Gasteiger partial charge is 0.180 e. The fourth-order valence-electron chi connectivity index (χ4n) is 3.52. The number of para-hydroxylation sites is 2. The SMILES string of the molecule is COc1cc(CNCCCc2nc3ccccc3[nH]2)cc(Cl)c1OCc1ccccc1F. The second-order valence-corrected chi connectivity index (χ2v) is 7.88. The van der Waals surface area contributed by atoms with Crippen LogP contribution >= 0.6 is 11.6 Å². The summed E-state index contributed by atoms with van der Waals surface area (Å²) in [6.07, 6.45) is 1.82. The van der Waals surface area contributed by atoms with Crippen LogP contribution in [-0.4, -0.2) is 23.6 Å². The molecule has 4 aromatic rings. The third-order valence-corrected chi connectivity index (χ3v) is 5.43. The van der Waals surface area contributed by atoms with Gasteiger partial charge in [0.25, 0.3) is 0 Å². The Labute approximate surface area is 191 Å². The number of H-pyrrole nitrogens is 1. The molecule has 0 saturated carbocycles. The molecule has 1 heterocycles. The quantitative estimate of drug-likeness (QED) is 0.304. The van der Waals surface area contributed by atoms with Gasteiger partial charge in [-0.2, -0.15) is 0 Å². The molecule has 0 aliphatic rings. The number of ether oxygens (including phenoxy) is 2. The van der Waals surface area contributed by atoms with Crippen molar-refractivity contribution in [1.29, 1.82) is 0 Å².